The predicted molar refractivity (Wildman–Crippen MR) is 107 cm³/mol. The molecule has 1 fully saturated rings. The van der Waals surface area contributed by atoms with E-state index in [1.807, 2.05) is 11.8 Å². The van der Waals surface area contributed by atoms with Gasteiger partial charge in [0, 0.05) is 49.4 Å². The number of nitrogens with zero attached hydrogens (tertiary/aromatic N) is 3. The number of halogens is 1. The number of nitrogens with one attached hydrogen (secondary N) is 1. The topological polar surface area (TPSA) is 48.5 Å². The van der Waals surface area contributed by atoms with Crippen LogP contribution in [0.1, 0.15) is 58.7 Å². The van der Waals surface area contributed by atoms with E-state index in [4.69, 9.17) is 0 Å². The van der Waals surface area contributed by atoms with Gasteiger partial charge < -0.3 is 10.2 Å². The summed E-state index contributed by atoms with van der Waals surface area (Å²) in [5.74, 6) is 0.0872. The van der Waals surface area contributed by atoms with Gasteiger partial charge >= 0.3 is 0 Å². The monoisotopic (exact) mass is 376 g/mol. The van der Waals surface area contributed by atoms with Gasteiger partial charge in [0.2, 0.25) is 5.91 Å². The minimum atomic E-state index is -1.47. The van der Waals surface area contributed by atoms with Crippen molar-refractivity contribution in [2.75, 3.05) is 37.6 Å². The number of carbonyl (C=O) groups is 1. The van der Waals surface area contributed by atoms with Gasteiger partial charge in [-0.3, -0.25) is 14.7 Å². The van der Waals surface area contributed by atoms with Crippen molar-refractivity contribution in [2.24, 2.45) is 0 Å². The first-order valence-corrected chi connectivity index (χ1v) is 10.1. The van der Waals surface area contributed by atoms with Gasteiger partial charge in [-0.2, -0.15) is 0 Å². The second-order valence-electron chi connectivity index (χ2n) is 8.99. The highest BCUT2D eigenvalue weighted by Gasteiger charge is 2.40. The van der Waals surface area contributed by atoms with Gasteiger partial charge in [-0.25, -0.2) is 4.39 Å². The van der Waals surface area contributed by atoms with Crippen molar-refractivity contribution in [1.29, 1.82) is 0 Å². The molecule has 2 aliphatic heterocycles. The fraction of sp³-hybridized carbons (Fsp3) is 0.714. The summed E-state index contributed by atoms with van der Waals surface area (Å²) in [6.45, 7) is 13.6. The quantitative estimate of drug-likeness (QED) is 0.858. The molecule has 1 aromatic heterocycles. The number of alkyl halides is 1. The summed E-state index contributed by atoms with van der Waals surface area (Å²) in [5, 5.41) is 3.40. The Morgan fingerprint density at radius 1 is 1.48 bits per heavy atom. The van der Waals surface area contributed by atoms with Crippen molar-refractivity contribution in [1.82, 2.24) is 15.2 Å². The Morgan fingerprint density at radius 3 is 2.89 bits per heavy atom. The number of hydrogen-bond donors (Lipinski definition) is 1. The molecule has 1 N–H and O–H groups in total. The molecule has 0 spiro atoms. The summed E-state index contributed by atoms with van der Waals surface area (Å²) in [4.78, 5) is 21.6. The molecule has 0 aromatic carbocycles. The van der Waals surface area contributed by atoms with Crippen LogP contribution >= 0.6 is 0 Å². The third-order valence-corrected chi connectivity index (χ3v) is 5.82. The van der Waals surface area contributed by atoms with Crippen molar-refractivity contribution in [3.63, 3.8) is 0 Å². The maximum Gasteiger partial charge on any atom is 0.241 e. The number of pyridine rings is 1. The Hall–Kier alpha value is -1.53. The normalized spacial score (nSPS) is 24.5. The Kier molecular flexibility index (Phi) is 5.59. The minimum absolute atomic E-state index is 0.0872. The van der Waals surface area contributed by atoms with E-state index in [1.54, 1.807) is 19.2 Å². The maximum absolute atomic E-state index is 15.0. The van der Waals surface area contributed by atoms with Gasteiger partial charge in [0.25, 0.3) is 0 Å². The van der Waals surface area contributed by atoms with Crippen molar-refractivity contribution in [3.8, 4) is 0 Å². The third kappa shape index (κ3) is 4.16. The highest BCUT2D eigenvalue weighted by Crippen LogP contribution is 2.42. The number of piperazine rings is 1. The first kappa shape index (κ1) is 20.2. The molecule has 1 aromatic rings. The van der Waals surface area contributed by atoms with Gasteiger partial charge in [0.15, 0.2) is 0 Å². The van der Waals surface area contributed by atoms with Crippen LogP contribution in [0.2, 0.25) is 0 Å². The highest BCUT2D eigenvalue weighted by atomic mass is 19.1. The highest BCUT2D eigenvalue weighted by molar-refractivity contribution is 5.97. The molecule has 5 nitrogen and oxygen atoms in total. The standard InChI is InChI=1S/C21H33FN4O/c1-6-7-21(5,22)18-10-17-16(11-24-18)20(3,4)14-26(17)19(27)13-25-9-8-23-15(2)12-25/h10-11,15,23H,6-9,12-14H2,1-5H3/t15-,21?/m1/s1. The average molecular weight is 377 g/mol. The van der Waals surface area contributed by atoms with Gasteiger partial charge in [-0.05, 0) is 26.3 Å². The third-order valence-electron chi connectivity index (χ3n) is 5.82. The van der Waals surface area contributed by atoms with E-state index in [9.17, 15) is 4.79 Å². The number of carbonyl (C=O) groups excluding carboxylic acids is 1. The molecular weight excluding hydrogens is 343 g/mol. The van der Waals surface area contributed by atoms with E-state index in [-0.39, 0.29) is 11.3 Å². The van der Waals surface area contributed by atoms with Gasteiger partial charge in [-0.1, -0.05) is 27.2 Å². The molecule has 2 aliphatic rings. The molecule has 0 bridgehead atoms. The number of rotatable bonds is 5. The molecule has 27 heavy (non-hydrogen) atoms. The molecule has 1 unspecified atom stereocenters. The number of fused-ring (bicyclic) bond motifs is 1. The molecule has 3 heterocycles. The first-order chi connectivity index (χ1) is 12.6. The number of amides is 1. The van der Waals surface area contributed by atoms with Gasteiger partial charge in [0.05, 0.1) is 17.9 Å². The lowest BCUT2D eigenvalue weighted by Crippen LogP contribution is -2.52. The van der Waals surface area contributed by atoms with Gasteiger partial charge in [-0.15, -0.1) is 0 Å². The molecule has 2 atom stereocenters. The first-order valence-electron chi connectivity index (χ1n) is 10.1. The van der Waals surface area contributed by atoms with Gasteiger partial charge in [0.1, 0.15) is 5.67 Å². The fourth-order valence-corrected chi connectivity index (χ4v) is 4.29. The number of aromatic nitrogens is 1. The van der Waals surface area contributed by atoms with E-state index >= 15 is 4.39 Å². The lowest BCUT2D eigenvalue weighted by atomic mass is 9.87. The summed E-state index contributed by atoms with van der Waals surface area (Å²) in [5.41, 5.74) is 0.636. The molecule has 1 amide bonds. The molecule has 0 aliphatic carbocycles. The summed E-state index contributed by atoms with van der Waals surface area (Å²) in [6.07, 6.45) is 2.95. The summed E-state index contributed by atoms with van der Waals surface area (Å²) in [7, 11) is 0. The summed E-state index contributed by atoms with van der Waals surface area (Å²) < 4.78 is 15.0. The predicted octanol–water partition coefficient (Wildman–Crippen LogP) is 2.98. The van der Waals surface area contributed by atoms with E-state index in [2.05, 4.69) is 36.0 Å². The van der Waals surface area contributed by atoms with Crippen LogP contribution in [0.3, 0.4) is 0 Å². The molecule has 0 saturated carbocycles. The van der Waals surface area contributed by atoms with E-state index in [0.29, 0.717) is 31.2 Å². The Labute approximate surface area is 162 Å². The molecule has 1 saturated heterocycles. The Bertz CT molecular complexity index is 703. The van der Waals surface area contributed by atoms with Crippen LogP contribution in [0.15, 0.2) is 12.3 Å². The van der Waals surface area contributed by atoms with Crippen LogP contribution in [0.5, 0.6) is 0 Å². The lowest BCUT2D eigenvalue weighted by molar-refractivity contribution is -0.120. The zero-order valence-corrected chi connectivity index (χ0v) is 17.3. The second-order valence-corrected chi connectivity index (χ2v) is 8.99. The van der Waals surface area contributed by atoms with Crippen molar-refractivity contribution in [2.45, 2.75) is 64.6 Å². The Balaban J connectivity index is 1.85. The number of hydrogen-bond acceptors (Lipinski definition) is 4. The van der Waals surface area contributed by atoms with Crippen LogP contribution in [0, 0.1) is 0 Å². The van der Waals surface area contributed by atoms with Crippen LogP contribution in [-0.4, -0.2) is 54.6 Å². The maximum atomic E-state index is 15.0. The Morgan fingerprint density at radius 2 is 2.22 bits per heavy atom. The summed E-state index contributed by atoms with van der Waals surface area (Å²) in [6, 6.07) is 2.20. The molecule has 3 rings (SSSR count). The van der Waals surface area contributed by atoms with E-state index < -0.39 is 5.67 Å². The smallest absolute Gasteiger partial charge is 0.241 e. The minimum Gasteiger partial charge on any atom is -0.312 e. The van der Waals surface area contributed by atoms with Crippen LogP contribution in [-0.2, 0) is 15.9 Å². The number of anilines is 1. The largest absolute Gasteiger partial charge is 0.312 e. The SMILES string of the molecule is CCCC(C)(F)c1cc2c(cn1)C(C)(C)CN2C(=O)CN1CCN[C@H](C)C1. The van der Waals surface area contributed by atoms with Crippen LogP contribution in [0.25, 0.3) is 0 Å². The van der Waals surface area contributed by atoms with Crippen molar-refractivity contribution < 1.29 is 9.18 Å². The molecular formula is C21H33FN4O. The summed E-state index contributed by atoms with van der Waals surface area (Å²) >= 11 is 0. The zero-order valence-electron chi connectivity index (χ0n) is 17.3. The van der Waals surface area contributed by atoms with Crippen molar-refractivity contribution >= 4 is 11.6 Å². The van der Waals surface area contributed by atoms with Crippen LogP contribution < -0.4 is 10.2 Å². The van der Waals surface area contributed by atoms with E-state index in [0.717, 1.165) is 37.3 Å². The molecule has 0 radical (unpaired) electrons. The van der Waals surface area contributed by atoms with E-state index in [1.165, 1.54) is 0 Å². The molecule has 150 valence electrons. The zero-order chi connectivity index (χ0) is 19.8. The van der Waals surface area contributed by atoms with Crippen molar-refractivity contribution in [3.05, 3.63) is 23.5 Å². The lowest BCUT2D eigenvalue weighted by Gasteiger charge is -2.32. The molecule has 6 heteroatoms. The second kappa shape index (κ2) is 7.47. The van der Waals surface area contributed by atoms with Crippen LogP contribution in [0.4, 0.5) is 10.1 Å². The average Bonchev–Trinajstić information content (AvgIpc) is 2.86. The fourth-order valence-electron chi connectivity index (χ4n) is 4.29.